The Bertz CT molecular complexity index is 513. The number of hydrogen-bond acceptors (Lipinski definition) is 1. The molecule has 0 fully saturated rings. The molecule has 0 unspecified atom stereocenters. The molecule has 1 aliphatic rings. The highest BCUT2D eigenvalue weighted by Crippen LogP contribution is 2.28. The number of aryl methyl sites for hydroxylation is 3. The lowest BCUT2D eigenvalue weighted by Crippen LogP contribution is -2.29. The third-order valence-electron chi connectivity index (χ3n) is 3.65. The van der Waals surface area contributed by atoms with Gasteiger partial charge in [-0.25, -0.2) is 0 Å². The SMILES string of the molecule is C[n+]1cc2c(c3ccsc31)CCCCCC2. The van der Waals surface area contributed by atoms with E-state index in [1.54, 1.807) is 11.1 Å². The summed E-state index contributed by atoms with van der Waals surface area (Å²) in [5.41, 5.74) is 3.22. The van der Waals surface area contributed by atoms with Crippen LogP contribution in [-0.4, -0.2) is 0 Å². The van der Waals surface area contributed by atoms with Gasteiger partial charge < -0.3 is 0 Å². The maximum absolute atomic E-state index is 2.36. The van der Waals surface area contributed by atoms with E-state index in [0.717, 1.165) is 0 Å². The Morgan fingerprint density at radius 2 is 1.94 bits per heavy atom. The third kappa shape index (κ3) is 1.65. The lowest BCUT2D eigenvalue weighted by atomic mass is 9.93. The molecule has 84 valence electrons. The first-order valence-electron chi connectivity index (χ1n) is 6.24. The molecule has 0 aliphatic heterocycles. The van der Waals surface area contributed by atoms with Crippen LogP contribution in [0.25, 0.3) is 10.2 Å². The maximum Gasteiger partial charge on any atom is 0.268 e. The second-order valence-corrected chi connectivity index (χ2v) is 5.69. The van der Waals surface area contributed by atoms with Crippen LogP contribution in [0.15, 0.2) is 17.6 Å². The predicted molar refractivity (Wildman–Crippen MR) is 68.9 cm³/mol. The van der Waals surface area contributed by atoms with Gasteiger partial charge in [-0.2, -0.15) is 4.57 Å². The van der Waals surface area contributed by atoms with Crippen LogP contribution < -0.4 is 4.57 Å². The Balaban J connectivity index is 2.21. The molecule has 2 aromatic heterocycles. The Hall–Kier alpha value is -0.890. The van der Waals surface area contributed by atoms with Crippen LogP contribution in [0.4, 0.5) is 0 Å². The monoisotopic (exact) mass is 232 g/mol. The minimum atomic E-state index is 1.27. The molecule has 1 nitrogen and oxygen atoms in total. The Morgan fingerprint density at radius 1 is 1.12 bits per heavy atom. The molecule has 0 saturated carbocycles. The summed E-state index contributed by atoms with van der Waals surface area (Å²) in [6.07, 6.45) is 10.5. The van der Waals surface area contributed by atoms with Crippen LogP contribution in [0.2, 0.25) is 0 Å². The van der Waals surface area contributed by atoms with Crippen LogP contribution in [0, 0.1) is 0 Å². The average molecular weight is 232 g/mol. The molecule has 0 amide bonds. The average Bonchev–Trinajstić information content (AvgIpc) is 2.70. The molecule has 2 heteroatoms. The highest BCUT2D eigenvalue weighted by Gasteiger charge is 2.17. The fourth-order valence-corrected chi connectivity index (χ4v) is 3.70. The van der Waals surface area contributed by atoms with Crippen LogP contribution in [0.5, 0.6) is 0 Å². The van der Waals surface area contributed by atoms with E-state index < -0.39 is 0 Å². The molecule has 0 spiro atoms. The van der Waals surface area contributed by atoms with Crippen molar-refractivity contribution in [3.63, 3.8) is 0 Å². The van der Waals surface area contributed by atoms with Gasteiger partial charge in [0.1, 0.15) is 7.05 Å². The lowest BCUT2D eigenvalue weighted by Gasteiger charge is -2.12. The number of aromatic nitrogens is 1. The van der Waals surface area contributed by atoms with E-state index in [0.29, 0.717) is 0 Å². The number of nitrogens with zero attached hydrogens (tertiary/aromatic N) is 1. The molecule has 0 bridgehead atoms. The number of fused-ring (bicyclic) bond motifs is 3. The smallest absolute Gasteiger partial charge is 0.192 e. The number of pyridine rings is 1. The Kier molecular flexibility index (Phi) is 2.68. The summed E-state index contributed by atoms with van der Waals surface area (Å²) >= 11 is 1.86. The quantitative estimate of drug-likeness (QED) is 0.613. The summed E-state index contributed by atoms with van der Waals surface area (Å²) in [6.45, 7) is 0. The predicted octanol–water partition coefficient (Wildman–Crippen LogP) is 3.38. The number of thiophene rings is 1. The second kappa shape index (κ2) is 4.17. The van der Waals surface area contributed by atoms with E-state index in [-0.39, 0.29) is 0 Å². The zero-order valence-corrected chi connectivity index (χ0v) is 10.6. The normalized spacial score (nSPS) is 16.8. The first-order valence-corrected chi connectivity index (χ1v) is 7.12. The van der Waals surface area contributed by atoms with Gasteiger partial charge in [-0.15, -0.1) is 0 Å². The molecule has 1 aliphatic carbocycles. The molecular weight excluding hydrogens is 214 g/mol. The molecule has 2 aromatic rings. The largest absolute Gasteiger partial charge is 0.268 e. The van der Waals surface area contributed by atoms with Gasteiger partial charge in [0.15, 0.2) is 6.20 Å². The van der Waals surface area contributed by atoms with Gasteiger partial charge in [0.05, 0.1) is 5.39 Å². The van der Waals surface area contributed by atoms with Crippen molar-refractivity contribution < 1.29 is 4.57 Å². The van der Waals surface area contributed by atoms with Gasteiger partial charge in [-0.05, 0) is 42.7 Å². The molecule has 3 rings (SSSR count). The zero-order chi connectivity index (χ0) is 11.0. The van der Waals surface area contributed by atoms with Gasteiger partial charge >= 0.3 is 0 Å². The van der Waals surface area contributed by atoms with Crippen molar-refractivity contribution >= 4 is 21.6 Å². The zero-order valence-electron chi connectivity index (χ0n) is 9.83. The van der Waals surface area contributed by atoms with Crippen LogP contribution in [-0.2, 0) is 19.9 Å². The Labute approximate surface area is 101 Å². The minimum absolute atomic E-state index is 1.27. The molecule has 0 radical (unpaired) electrons. The van der Waals surface area contributed by atoms with Crippen molar-refractivity contribution in [3.8, 4) is 0 Å². The summed E-state index contributed by atoms with van der Waals surface area (Å²) in [6, 6.07) is 2.31. The number of rotatable bonds is 0. The van der Waals surface area contributed by atoms with Crippen LogP contribution in [0.3, 0.4) is 0 Å². The van der Waals surface area contributed by atoms with Crippen molar-refractivity contribution in [2.24, 2.45) is 7.05 Å². The fraction of sp³-hybridized carbons (Fsp3) is 0.500. The summed E-state index contributed by atoms with van der Waals surface area (Å²) in [5.74, 6) is 0. The van der Waals surface area contributed by atoms with E-state index in [1.165, 1.54) is 48.7 Å². The van der Waals surface area contributed by atoms with Gasteiger partial charge in [0.2, 0.25) is 0 Å². The van der Waals surface area contributed by atoms with Gasteiger partial charge in [0, 0.05) is 5.56 Å². The first kappa shape index (κ1) is 10.3. The molecule has 2 heterocycles. The van der Waals surface area contributed by atoms with Crippen molar-refractivity contribution in [1.82, 2.24) is 0 Å². The van der Waals surface area contributed by atoms with Gasteiger partial charge in [-0.3, -0.25) is 0 Å². The van der Waals surface area contributed by atoms with Crippen molar-refractivity contribution in [3.05, 3.63) is 28.8 Å². The summed E-state index contributed by atoms with van der Waals surface area (Å²) in [7, 11) is 2.18. The van der Waals surface area contributed by atoms with Gasteiger partial charge in [0.25, 0.3) is 4.83 Å². The maximum atomic E-state index is 2.36. The number of hydrogen-bond donors (Lipinski definition) is 0. The molecule has 0 atom stereocenters. The Morgan fingerprint density at radius 3 is 2.81 bits per heavy atom. The second-order valence-electron chi connectivity index (χ2n) is 4.80. The van der Waals surface area contributed by atoms with Crippen molar-refractivity contribution in [1.29, 1.82) is 0 Å². The first-order chi connectivity index (χ1) is 7.86. The lowest BCUT2D eigenvalue weighted by molar-refractivity contribution is -0.643. The van der Waals surface area contributed by atoms with Gasteiger partial charge in [-0.1, -0.05) is 24.2 Å². The van der Waals surface area contributed by atoms with E-state index in [9.17, 15) is 0 Å². The van der Waals surface area contributed by atoms with Crippen molar-refractivity contribution in [2.75, 3.05) is 0 Å². The highest BCUT2D eigenvalue weighted by molar-refractivity contribution is 7.16. The van der Waals surface area contributed by atoms with E-state index in [2.05, 4.69) is 29.3 Å². The molecule has 0 N–H and O–H groups in total. The summed E-state index contributed by atoms with van der Waals surface area (Å²) < 4.78 is 2.31. The topological polar surface area (TPSA) is 3.88 Å². The molecular formula is C14H18NS+. The van der Waals surface area contributed by atoms with E-state index >= 15 is 0 Å². The van der Waals surface area contributed by atoms with Crippen LogP contribution in [0.1, 0.15) is 36.8 Å². The summed E-state index contributed by atoms with van der Waals surface area (Å²) in [5, 5.41) is 3.73. The standard InChI is InChI=1S/C14H18NS/c1-15-10-11-6-4-2-3-5-7-12(11)13-8-9-16-14(13)15/h8-10H,2-7H2,1H3/q+1. The summed E-state index contributed by atoms with van der Waals surface area (Å²) in [4.78, 5) is 1.43. The molecule has 0 aromatic carbocycles. The fourth-order valence-electron chi connectivity index (χ4n) is 2.83. The molecule has 0 saturated heterocycles. The minimum Gasteiger partial charge on any atom is -0.192 e. The van der Waals surface area contributed by atoms with Crippen LogP contribution >= 0.6 is 11.3 Å². The highest BCUT2D eigenvalue weighted by atomic mass is 32.1. The third-order valence-corrected chi connectivity index (χ3v) is 4.65. The van der Waals surface area contributed by atoms with E-state index in [1.807, 2.05) is 11.3 Å². The molecule has 16 heavy (non-hydrogen) atoms. The van der Waals surface area contributed by atoms with E-state index in [4.69, 9.17) is 0 Å². The van der Waals surface area contributed by atoms with Crippen molar-refractivity contribution in [2.45, 2.75) is 38.5 Å².